The van der Waals surface area contributed by atoms with Gasteiger partial charge in [0.15, 0.2) is 5.62 Å². The summed E-state index contributed by atoms with van der Waals surface area (Å²) in [4.78, 5) is 12.9. The molecule has 1 aromatic carbocycles. The number of rotatable bonds is 3. The second-order valence-corrected chi connectivity index (χ2v) is 7.88. The lowest BCUT2D eigenvalue weighted by atomic mass is 9.91. The molecule has 130 valence electrons. The summed E-state index contributed by atoms with van der Waals surface area (Å²) < 4.78 is 0. The van der Waals surface area contributed by atoms with E-state index >= 15 is 0 Å². The van der Waals surface area contributed by atoms with Crippen LogP contribution in [0.5, 0.6) is 0 Å². The van der Waals surface area contributed by atoms with Gasteiger partial charge in [0.25, 0.3) is 0 Å². The molecule has 2 bridgehead atoms. The lowest BCUT2D eigenvalue weighted by Gasteiger charge is -2.46. The zero-order valence-corrected chi connectivity index (χ0v) is 14.9. The Kier molecular flexibility index (Phi) is 3.83. The highest BCUT2D eigenvalue weighted by Gasteiger charge is 2.45. The van der Waals surface area contributed by atoms with Gasteiger partial charge in [-0.25, -0.2) is 0 Å². The van der Waals surface area contributed by atoms with E-state index in [0.717, 1.165) is 24.5 Å². The van der Waals surface area contributed by atoms with Crippen LogP contribution < -0.4 is 4.90 Å². The summed E-state index contributed by atoms with van der Waals surface area (Å²) >= 11 is 6.63. The molecule has 3 aliphatic rings. The number of likely N-dealkylation sites (tertiary alicyclic amines) is 1. The van der Waals surface area contributed by atoms with Crippen molar-refractivity contribution >= 4 is 23.6 Å². The average Bonchev–Trinajstić information content (AvgIpc) is 3.27. The Bertz CT molecular complexity index is 771. The van der Waals surface area contributed by atoms with Crippen LogP contribution in [-0.4, -0.2) is 40.4 Å². The van der Waals surface area contributed by atoms with E-state index in [1.54, 1.807) is 0 Å². The van der Waals surface area contributed by atoms with Crippen molar-refractivity contribution in [3.05, 3.63) is 53.7 Å². The molecule has 3 heterocycles. The van der Waals surface area contributed by atoms with Gasteiger partial charge in [0.1, 0.15) is 5.82 Å². The standard InChI is InChI=1S/C20H23ClN4/c21-20-23-11-16-8-9-22-19(16)25(20)18-13-24(17-7-6-15(18)10-17)12-14-4-2-1-3-5-14/h1-5,8-9,11,15,17-18,20,22H,6-7,10,12-13H2/t15-,17+,18-,20?/m0/s1. The Morgan fingerprint density at radius 3 is 2.92 bits per heavy atom. The molecule has 4 nitrogen and oxygen atoms in total. The van der Waals surface area contributed by atoms with Gasteiger partial charge in [0.2, 0.25) is 0 Å². The van der Waals surface area contributed by atoms with Crippen LogP contribution in [0.25, 0.3) is 0 Å². The summed E-state index contributed by atoms with van der Waals surface area (Å²) in [7, 11) is 0. The third-order valence-electron chi connectivity index (χ3n) is 6.09. The Hall–Kier alpha value is -1.78. The SMILES string of the molecule is ClC1N=Cc2cc[nH]c2N1[C@H]1CN(Cc2ccccc2)[C@@H]2CC[C@H]1C2. The zero-order valence-electron chi connectivity index (χ0n) is 14.2. The molecular formula is C20H23ClN4. The number of aromatic amines is 1. The van der Waals surface area contributed by atoms with E-state index in [4.69, 9.17) is 11.6 Å². The fraction of sp³-hybridized carbons (Fsp3) is 0.450. The summed E-state index contributed by atoms with van der Waals surface area (Å²) in [5, 5.41) is 0. The second kappa shape index (κ2) is 6.19. The molecule has 0 spiro atoms. The summed E-state index contributed by atoms with van der Waals surface area (Å²) in [6.07, 6.45) is 7.75. The normalized spacial score (nSPS) is 31.3. The topological polar surface area (TPSA) is 34.6 Å². The van der Waals surface area contributed by atoms with Crippen molar-refractivity contribution in [3.63, 3.8) is 0 Å². The third-order valence-corrected chi connectivity index (χ3v) is 6.42. The maximum atomic E-state index is 6.63. The molecular weight excluding hydrogens is 332 g/mol. The van der Waals surface area contributed by atoms with Gasteiger partial charge in [-0.1, -0.05) is 41.9 Å². The quantitative estimate of drug-likeness (QED) is 0.671. The van der Waals surface area contributed by atoms with Gasteiger partial charge >= 0.3 is 0 Å². The van der Waals surface area contributed by atoms with Crippen molar-refractivity contribution in [1.29, 1.82) is 0 Å². The first-order chi connectivity index (χ1) is 12.3. The molecule has 1 saturated carbocycles. The number of fused-ring (bicyclic) bond motifs is 3. The van der Waals surface area contributed by atoms with E-state index in [1.165, 1.54) is 24.8 Å². The third kappa shape index (κ3) is 2.68. The summed E-state index contributed by atoms with van der Waals surface area (Å²) in [6.45, 7) is 2.08. The first-order valence-electron chi connectivity index (χ1n) is 9.20. The number of hydrogen-bond donors (Lipinski definition) is 1. The lowest BCUT2D eigenvalue weighted by Crippen LogP contribution is -2.55. The molecule has 1 N–H and O–H groups in total. The molecule has 5 rings (SSSR count). The largest absolute Gasteiger partial charge is 0.348 e. The number of H-pyrrole nitrogens is 1. The van der Waals surface area contributed by atoms with Crippen LogP contribution >= 0.6 is 11.6 Å². The van der Waals surface area contributed by atoms with Crippen LogP contribution in [0, 0.1) is 5.92 Å². The highest BCUT2D eigenvalue weighted by molar-refractivity contribution is 6.23. The van der Waals surface area contributed by atoms with E-state index in [9.17, 15) is 0 Å². The molecule has 1 saturated heterocycles. The zero-order chi connectivity index (χ0) is 16.8. The lowest BCUT2D eigenvalue weighted by molar-refractivity contribution is 0.126. The molecule has 4 atom stereocenters. The van der Waals surface area contributed by atoms with Crippen molar-refractivity contribution in [2.24, 2.45) is 10.9 Å². The molecule has 0 amide bonds. The molecule has 2 aliphatic heterocycles. The molecule has 25 heavy (non-hydrogen) atoms. The van der Waals surface area contributed by atoms with Crippen molar-refractivity contribution in [3.8, 4) is 0 Å². The number of piperidine rings is 1. The molecule has 1 aromatic heterocycles. The van der Waals surface area contributed by atoms with Crippen molar-refractivity contribution < 1.29 is 0 Å². The maximum absolute atomic E-state index is 6.63. The minimum atomic E-state index is -0.313. The van der Waals surface area contributed by atoms with Crippen LogP contribution in [0.1, 0.15) is 30.4 Å². The van der Waals surface area contributed by atoms with Crippen LogP contribution in [0.15, 0.2) is 47.6 Å². The van der Waals surface area contributed by atoms with Gasteiger partial charge in [-0.05, 0) is 36.8 Å². The summed E-state index contributed by atoms with van der Waals surface area (Å²) in [6, 6.07) is 14.0. The highest BCUT2D eigenvalue weighted by atomic mass is 35.5. The van der Waals surface area contributed by atoms with Crippen LogP contribution in [-0.2, 0) is 6.54 Å². The number of nitrogens with one attached hydrogen (secondary N) is 1. The first-order valence-corrected chi connectivity index (χ1v) is 9.64. The predicted molar refractivity (Wildman–Crippen MR) is 102 cm³/mol. The van der Waals surface area contributed by atoms with E-state index in [1.807, 2.05) is 12.4 Å². The van der Waals surface area contributed by atoms with Gasteiger partial charge in [-0.3, -0.25) is 9.89 Å². The number of aromatic nitrogens is 1. The van der Waals surface area contributed by atoms with Crippen LogP contribution in [0.3, 0.4) is 0 Å². The number of alkyl halides is 1. The van der Waals surface area contributed by atoms with Crippen LogP contribution in [0.4, 0.5) is 5.82 Å². The minimum absolute atomic E-state index is 0.313. The highest BCUT2D eigenvalue weighted by Crippen LogP contribution is 2.42. The molecule has 1 aliphatic carbocycles. The smallest absolute Gasteiger partial charge is 0.199 e. The summed E-state index contributed by atoms with van der Waals surface area (Å²) in [5.41, 5.74) is 2.23. The molecule has 2 aromatic rings. The number of aliphatic imine (C=N–C) groups is 1. The Morgan fingerprint density at radius 1 is 1.16 bits per heavy atom. The average molecular weight is 355 g/mol. The monoisotopic (exact) mass is 354 g/mol. The Balaban J connectivity index is 1.43. The molecule has 1 unspecified atom stereocenters. The number of nitrogens with zero attached hydrogens (tertiary/aromatic N) is 3. The number of benzene rings is 1. The van der Waals surface area contributed by atoms with E-state index in [0.29, 0.717) is 18.0 Å². The fourth-order valence-corrected chi connectivity index (χ4v) is 5.18. The Morgan fingerprint density at radius 2 is 2.04 bits per heavy atom. The van der Waals surface area contributed by atoms with Gasteiger partial charge in [0, 0.05) is 43.1 Å². The van der Waals surface area contributed by atoms with Crippen molar-refractivity contribution in [2.75, 3.05) is 11.4 Å². The predicted octanol–water partition coefficient (Wildman–Crippen LogP) is 3.83. The van der Waals surface area contributed by atoms with Crippen molar-refractivity contribution in [1.82, 2.24) is 9.88 Å². The van der Waals surface area contributed by atoms with Gasteiger partial charge < -0.3 is 9.88 Å². The first kappa shape index (κ1) is 15.5. The number of hydrogen-bond acceptors (Lipinski definition) is 3. The Labute approximate surface area is 153 Å². The fourth-order valence-electron chi connectivity index (χ4n) is 4.88. The van der Waals surface area contributed by atoms with E-state index in [-0.39, 0.29) is 5.62 Å². The molecule has 0 radical (unpaired) electrons. The van der Waals surface area contributed by atoms with E-state index < -0.39 is 0 Å². The molecule has 5 heteroatoms. The summed E-state index contributed by atoms with van der Waals surface area (Å²) in [5.74, 6) is 1.84. The van der Waals surface area contributed by atoms with Gasteiger partial charge in [-0.2, -0.15) is 0 Å². The number of anilines is 1. The van der Waals surface area contributed by atoms with Gasteiger partial charge in [-0.15, -0.1) is 0 Å². The number of halogens is 1. The molecule has 2 fully saturated rings. The van der Waals surface area contributed by atoms with Crippen molar-refractivity contribution in [2.45, 2.75) is 43.5 Å². The minimum Gasteiger partial charge on any atom is -0.348 e. The second-order valence-electron chi connectivity index (χ2n) is 7.49. The van der Waals surface area contributed by atoms with Gasteiger partial charge in [0.05, 0.1) is 0 Å². The van der Waals surface area contributed by atoms with Crippen LogP contribution in [0.2, 0.25) is 0 Å². The maximum Gasteiger partial charge on any atom is 0.199 e. The van der Waals surface area contributed by atoms with E-state index in [2.05, 4.69) is 56.2 Å².